The van der Waals surface area contributed by atoms with Crippen molar-refractivity contribution in [3.8, 4) is 11.3 Å². The summed E-state index contributed by atoms with van der Waals surface area (Å²) in [5, 5.41) is 7.84. The van der Waals surface area contributed by atoms with Crippen LogP contribution in [0.5, 0.6) is 0 Å². The highest BCUT2D eigenvalue weighted by molar-refractivity contribution is 7.14. The lowest BCUT2D eigenvalue weighted by molar-refractivity contribution is -0.112. The topological polar surface area (TPSA) is 113 Å². The van der Waals surface area contributed by atoms with Crippen molar-refractivity contribution >= 4 is 39.7 Å². The number of hydrazone groups is 1. The summed E-state index contributed by atoms with van der Waals surface area (Å²) in [6.07, 6.45) is 0. The molecule has 1 aromatic heterocycles. The minimum Gasteiger partial charge on any atom is -0.366 e. The quantitative estimate of drug-likeness (QED) is 0.566. The Morgan fingerprint density at radius 1 is 1.17 bits per heavy atom. The van der Waals surface area contributed by atoms with E-state index in [9.17, 15) is 9.59 Å². The molecule has 3 aromatic rings. The molecule has 0 unspecified atom stereocenters. The number of anilines is 2. The number of carbonyl (C=O) groups is 2. The lowest BCUT2D eigenvalue weighted by atomic mass is 10.2. The van der Waals surface area contributed by atoms with Crippen LogP contribution in [0.2, 0.25) is 0 Å². The molecule has 0 atom stereocenters. The Bertz CT molecular complexity index is 1120. The standard InChI is InChI=1S/C20H16N6O2S/c1-12-17(24-23-15-9-7-14(8-10-15)18(21)27)19(28)26(25-12)20-22-16(11-29-20)13-5-3-2-4-6-13/h2-11,23,25H,1H2,(H2,21,27)/b24-17+. The van der Waals surface area contributed by atoms with Gasteiger partial charge in [-0.3, -0.25) is 20.4 Å². The van der Waals surface area contributed by atoms with Crippen molar-refractivity contribution < 1.29 is 9.59 Å². The number of benzene rings is 2. The van der Waals surface area contributed by atoms with Gasteiger partial charge in [0.1, 0.15) is 0 Å². The van der Waals surface area contributed by atoms with Crippen LogP contribution in [0.15, 0.2) is 77.4 Å². The van der Waals surface area contributed by atoms with Crippen molar-refractivity contribution in [3.05, 3.63) is 77.8 Å². The van der Waals surface area contributed by atoms with Crippen LogP contribution in [-0.4, -0.2) is 22.5 Å². The molecule has 1 aliphatic rings. The second-order valence-corrected chi connectivity index (χ2v) is 6.96. The predicted octanol–water partition coefficient (Wildman–Crippen LogP) is 2.74. The monoisotopic (exact) mass is 404 g/mol. The summed E-state index contributed by atoms with van der Waals surface area (Å²) in [5.74, 6) is -0.884. The molecule has 4 N–H and O–H groups in total. The van der Waals surface area contributed by atoms with Gasteiger partial charge in [-0.2, -0.15) is 10.1 Å². The van der Waals surface area contributed by atoms with Gasteiger partial charge in [0, 0.05) is 16.5 Å². The molecule has 8 nitrogen and oxygen atoms in total. The van der Waals surface area contributed by atoms with Gasteiger partial charge in [0.15, 0.2) is 5.71 Å². The maximum atomic E-state index is 12.8. The van der Waals surface area contributed by atoms with Gasteiger partial charge in [-0.1, -0.05) is 36.9 Å². The Balaban J connectivity index is 1.51. The normalized spacial score (nSPS) is 14.9. The molecule has 1 saturated heterocycles. The molecular formula is C20H16N6O2S. The number of hydrazine groups is 1. The highest BCUT2D eigenvalue weighted by Gasteiger charge is 2.34. The van der Waals surface area contributed by atoms with Crippen LogP contribution >= 0.6 is 11.3 Å². The summed E-state index contributed by atoms with van der Waals surface area (Å²) in [6.45, 7) is 3.85. The molecule has 29 heavy (non-hydrogen) atoms. The van der Waals surface area contributed by atoms with Crippen LogP contribution in [-0.2, 0) is 4.79 Å². The molecule has 0 aliphatic carbocycles. The van der Waals surface area contributed by atoms with Crippen LogP contribution in [0.25, 0.3) is 11.3 Å². The molecule has 2 aromatic carbocycles. The second kappa shape index (κ2) is 7.56. The van der Waals surface area contributed by atoms with Crippen LogP contribution in [0.3, 0.4) is 0 Å². The number of nitrogens with zero attached hydrogens (tertiary/aromatic N) is 3. The summed E-state index contributed by atoms with van der Waals surface area (Å²) < 4.78 is 0. The van der Waals surface area contributed by atoms with Gasteiger partial charge in [-0.15, -0.1) is 11.3 Å². The maximum Gasteiger partial charge on any atom is 0.301 e. The van der Waals surface area contributed by atoms with Crippen molar-refractivity contribution in [3.63, 3.8) is 0 Å². The highest BCUT2D eigenvalue weighted by atomic mass is 32.1. The summed E-state index contributed by atoms with van der Waals surface area (Å²) >= 11 is 1.34. The fourth-order valence-electron chi connectivity index (χ4n) is 2.66. The lowest BCUT2D eigenvalue weighted by Gasteiger charge is -2.10. The van der Waals surface area contributed by atoms with E-state index in [0.29, 0.717) is 22.1 Å². The number of hydrogen-bond donors (Lipinski definition) is 3. The fraction of sp³-hybridized carbons (Fsp3) is 0. The van der Waals surface area contributed by atoms with E-state index in [1.807, 2.05) is 35.7 Å². The number of rotatable bonds is 5. The first kappa shape index (κ1) is 18.4. The molecule has 1 fully saturated rings. The first-order valence-electron chi connectivity index (χ1n) is 8.58. The Hall–Kier alpha value is -3.98. The number of primary amides is 1. The van der Waals surface area contributed by atoms with E-state index in [-0.39, 0.29) is 11.6 Å². The molecule has 2 amide bonds. The maximum absolute atomic E-state index is 12.8. The van der Waals surface area contributed by atoms with Crippen molar-refractivity contribution in [1.29, 1.82) is 0 Å². The van der Waals surface area contributed by atoms with E-state index >= 15 is 0 Å². The summed E-state index contributed by atoms with van der Waals surface area (Å²) in [5.41, 5.74) is 14.1. The van der Waals surface area contributed by atoms with E-state index < -0.39 is 5.91 Å². The van der Waals surface area contributed by atoms with Gasteiger partial charge >= 0.3 is 5.91 Å². The SMILES string of the molecule is C=C1NN(c2nc(-c3ccccc3)cs2)C(=O)/C1=N/Nc1ccc(C(N)=O)cc1. The third kappa shape index (κ3) is 3.71. The fourth-order valence-corrected chi connectivity index (χ4v) is 3.45. The molecule has 4 rings (SSSR count). The van der Waals surface area contributed by atoms with Gasteiger partial charge in [0.2, 0.25) is 11.0 Å². The molecular weight excluding hydrogens is 388 g/mol. The van der Waals surface area contributed by atoms with E-state index in [4.69, 9.17) is 5.73 Å². The summed E-state index contributed by atoms with van der Waals surface area (Å²) in [4.78, 5) is 28.4. The lowest BCUT2D eigenvalue weighted by Crippen LogP contribution is -2.34. The summed E-state index contributed by atoms with van der Waals surface area (Å²) in [7, 11) is 0. The van der Waals surface area contributed by atoms with Crippen molar-refractivity contribution in [1.82, 2.24) is 10.4 Å². The van der Waals surface area contributed by atoms with Crippen LogP contribution in [0.1, 0.15) is 10.4 Å². The zero-order valence-corrected chi connectivity index (χ0v) is 15.9. The summed E-state index contributed by atoms with van der Waals surface area (Å²) in [6, 6.07) is 16.1. The van der Waals surface area contributed by atoms with Crippen LogP contribution < -0.4 is 21.6 Å². The zero-order chi connectivity index (χ0) is 20.4. The third-order valence-corrected chi connectivity index (χ3v) is 4.98. The Morgan fingerprint density at radius 3 is 2.59 bits per heavy atom. The van der Waals surface area contributed by atoms with E-state index in [2.05, 4.69) is 27.5 Å². The molecule has 0 radical (unpaired) electrons. The predicted molar refractivity (Wildman–Crippen MR) is 113 cm³/mol. The van der Waals surface area contributed by atoms with Crippen molar-refractivity contribution in [2.45, 2.75) is 0 Å². The average molecular weight is 404 g/mol. The minimum absolute atomic E-state index is 0.139. The van der Waals surface area contributed by atoms with Gasteiger partial charge in [-0.05, 0) is 24.3 Å². The Kier molecular flexibility index (Phi) is 4.80. The first-order valence-corrected chi connectivity index (χ1v) is 9.46. The van der Waals surface area contributed by atoms with Crippen LogP contribution in [0, 0.1) is 0 Å². The third-order valence-electron chi connectivity index (χ3n) is 4.16. The molecule has 0 saturated carbocycles. The molecule has 9 heteroatoms. The highest BCUT2D eigenvalue weighted by Crippen LogP contribution is 2.28. The molecule has 1 aliphatic heterocycles. The average Bonchev–Trinajstić information content (AvgIpc) is 3.32. The number of hydrogen-bond acceptors (Lipinski definition) is 7. The van der Waals surface area contributed by atoms with Gasteiger partial charge in [0.25, 0.3) is 0 Å². The number of nitrogens with two attached hydrogens (primary N) is 1. The minimum atomic E-state index is -0.514. The van der Waals surface area contributed by atoms with E-state index in [1.54, 1.807) is 24.3 Å². The van der Waals surface area contributed by atoms with Crippen LogP contribution in [0.4, 0.5) is 10.8 Å². The molecule has 144 valence electrons. The molecule has 2 heterocycles. The van der Waals surface area contributed by atoms with Gasteiger partial charge < -0.3 is 5.73 Å². The van der Waals surface area contributed by atoms with Gasteiger partial charge in [-0.25, -0.2) is 4.98 Å². The van der Waals surface area contributed by atoms with Crippen molar-refractivity contribution in [2.75, 3.05) is 10.4 Å². The number of nitrogens with one attached hydrogen (secondary N) is 2. The first-order chi connectivity index (χ1) is 14.0. The molecule has 0 spiro atoms. The Morgan fingerprint density at radius 2 is 1.90 bits per heavy atom. The largest absolute Gasteiger partial charge is 0.366 e. The van der Waals surface area contributed by atoms with Crippen molar-refractivity contribution in [2.24, 2.45) is 10.8 Å². The Labute approximate surface area is 170 Å². The van der Waals surface area contributed by atoms with E-state index in [0.717, 1.165) is 11.3 Å². The number of thiazole rings is 1. The van der Waals surface area contributed by atoms with Gasteiger partial charge in [0.05, 0.1) is 17.1 Å². The molecule has 0 bridgehead atoms. The second-order valence-electron chi connectivity index (χ2n) is 6.13. The van der Waals surface area contributed by atoms with E-state index in [1.165, 1.54) is 16.3 Å². The number of amides is 2. The smallest absolute Gasteiger partial charge is 0.301 e. The number of carbonyl (C=O) groups excluding carboxylic acids is 2. The number of aromatic nitrogens is 1. The zero-order valence-electron chi connectivity index (χ0n) is 15.1.